The first-order valence-corrected chi connectivity index (χ1v) is 13.3. The van der Waals surface area contributed by atoms with Gasteiger partial charge in [-0.1, -0.05) is 13.8 Å². The molecule has 1 aromatic carbocycles. The number of amides is 1. The van der Waals surface area contributed by atoms with E-state index < -0.39 is 15.7 Å². The van der Waals surface area contributed by atoms with Crippen molar-refractivity contribution in [1.29, 1.82) is 0 Å². The van der Waals surface area contributed by atoms with E-state index in [1.54, 1.807) is 11.0 Å². The summed E-state index contributed by atoms with van der Waals surface area (Å²) in [4.78, 5) is 18.1. The van der Waals surface area contributed by atoms with Crippen molar-refractivity contribution in [2.45, 2.75) is 57.1 Å². The maximum Gasteiger partial charge on any atom is 0.410 e. The van der Waals surface area contributed by atoms with Crippen LogP contribution in [0.1, 0.15) is 40.0 Å². The van der Waals surface area contributed by atoms with Gasteiger partial charge in [-0.05, 0) is 31.5 Å². The zero-order valence-electron chi connectivity index (χ0n) is 20.4. The number of benzene rings is 1. The van der Waals surface area contributed by atoms with Crippen molar-refractivity contribution in [1.82, 2.24) is 9.88 Å². The Labute approximate surface area is 205 Å². The SMILES string of the molecule is CCC(C)OC(=O)N1CCC(Oc2ccnc(Nc3ccc(S(=O)(=O)CC)cc3F)c2OC)CC1. The molecular weight excluding hydrogens is 477 g/mol. The number of halogens is 1. The van der Waals surface area contributed by atoms with E-state index in [1.165, 1.54) is 32.4 Å². The summed E-state index contributed by atoms with van der Waals surface area (Å²) in [6.07, 6.45) is 2.91. The highest BCUT2D eigenvalue weighted by Crippen LogP contribution is 2.37. The molecule has 0 aliphatic carbocycles. The van der Waals surface area contributed by atoms with Crippen LogP contribution in [-0.4, -0.2) is 62.6 Å². The van der Waals surface area contributed by atoms with E-state index in [0.717, 1.165) is 12.5 Å². The lowest BCUT2D eigenvalue weighted by molar-refractivity contribution is 0.0455. The molecule has 1 aliphatic heterocycles. The smallest absolute Gasteiger partial charge is 0.410 e. The normalized spacial score (nSPS) is 15.4. The highest BCUT2D eigenvalue weighted by Gasteiger charge is 2.27. The van der Waals surface area contributed by atoms with E-state index in [-0.39, 0.29) is 46.2 Å². The zero-order chi connectivity index (χ0) is 25.6. The third-order valence-corrected chi connectivity index (χ3v) is 7.61. The van der Waals surface area contributed by atoms with Crippen LogP contribution in [0, 0.1) is 5.82 Å². The Bertz CT molecular complexity index is 1140. The molecule has 3 rings (SSSR count). The van der Waals surface area contributed by atoms with Crippen LogP contribution in [0.2, 0.25) is 0 Å². The summed E-state index contributed by atoms with van der Waals surface area (Å²) in [6.45, 7) is 6.35. The number of piperidine rings is 1. The molecule has 35 heavy (non-hydrogen) atoms. The maximum absolute atomic E-state index is 14.6. The number of ether oxygens (including phenoxy) is 3. The molecule has 1 fully saturated rings. The number of nitrogens with zero attached hydrogens (tertiary/aromatic N) is 2. The van der Waals surface area contributed by atoms with Gasteiger partial charge in [0.2, 0.25) is 5.75 Å². The summed E-state index contributed by atoms with van der Waals surface area (Å²) in [7, 11) is -2.07. The zero-order valence-corrected chi connectivity index (χ0v) is 21.2. The second kappa shape index (κ2) is 11.6. The van der Waals surface area contributed by atoms with Crippen molar-refractivity contribution < 1.29 is 31.8 Å². The summed E-state index contributed by atoms with van der Waals surface area (Å²) in [5, 5.41) is 2.86. The number of nitrogens with one attached hydrogen (secondary N) is 1. The number of aromatic nitrogens is 1. The van der Waals surface area contributed by atoms with Crippen molar-refractivity contribution in [3.8, 4) is 11.5 Å². The fraction of sp³-hybridized carbons (Fsp3) is 0.500. The van der Waals surface area contributed by atoms with Gasteiger partial charge < -0.3 is 24.4 Å². The Kier molecular flexibility index (Phi) is 8.76. The van der Waals surface area contributed by atoms with Crippen molar-refractivity contribution in [2.24, 2.45) is 0 Å². The minimum absolute atomic E-state index is 0.0520. The van der Waals surface area contributed by atoms with Gasteiger partial charge in [-0.15, -0.1) is 0 Å². The molecule has 1 aliphatic rings. The topological polar surface area (TPSA) is 107 Å². The van der Waals surface area contributed by atoms with Crippen LogP contribution in [0.5, 0.6) is 11.5 Å². The molecule has 9 nitrogen and oxygen atoms in total. The number of hydrogen-bond acceptors (Lipinski definition) is 8. The van der Waals surface area contributed by atoms with Crippen LogP contribution in [0.25, 0.3) is 0 Å². The third kappa shape index (κ3) is 6.53. The van der Waals surface area contributed by atoms with E-state index >= 15 is 0 Å². The summed E-state index contributed by atoms with van der Waals surface area (Å²) in [5.74, 6) is 0.0919. The number of likely N-dealkylation sites (tertiary alicyclic amines) is 1. The molecule has 0 bridgehead atoms. The van der Waals surface area contributed by atoms with Gasteiger partial charge in [0.25, 0.3) is 0 Å². The first kappa shape index (κ1) is 26.5. The first-order chi connectivity index (χ1) is 16.7. The van der Waals surface area contributed by atoms with Gasteiger partial charge >= 0.3 is 6.09 Å². The molecule has 0 saturated carbocycles. The molecule has 2 heterocycles. The highest BCUT2D eigenvalue weighted by molar-refractivity contribution is 7.91. The summed E-state index contributed by atoms with van der Waals surface area (Å²) < 4.78 is 55.7. The average molecular weight is 510 g/mol. The minimum Gasteiger partial charge on any atom is -0.490 e. The number of methoxy groups -OCH3 is 1. The Morgan fingerprint density at radius 3 is 2.57 bits per heavy atom. The number of anilines is 2. The Hall–Kier alpha value is -3.08. The fourth-order valence-corrected chi connectivity index (χ4v) is 4.45. The molecule has 1 atom stereocenters. The van der Waals surface area contributed by atoms with Gasteiger partial charge in [-0.25, -0.2) is 22.6 Å². The highest BCUT2D eigenvalue weighted by atomic mass is 32.2. The number of carbonyl (C=O) groups is 1. The van der Waals surface area contributed by atoms with Crippen molar-refractivity contribution in [2.75, 3.05) is 31.3 Å². The van der Waals surface area contributed by atoms with E-state index in [9.17, 15) is 17.6 Å². The molecular formula is C24H32FN3O6S. The number of hydrogen-bond donors (Lipinski definition) is 1. The molecule has 2 aromatic rings. The molecule has 1 N–H and O–H groups in total. The van der Waals surface area contributed by atoms with E-state index in [2.05, 4.69) is 10.3 Å². The summed E-state index contributed by atoms with van der Waals surface area (Å²) >= 11 is 0. The summed E-state index contributed by atoms with van der Waals surface area (Å²) in [5.41, 5.74) is 0.0520. The van der Waals surface area contributed by atoms with Crippen LogP contribution in [0.4, 0.5) is 20.7 Å². The Balaban J connectivity index is 1.69. The van der Waals surface area contributed by atoms with E-state index in [0.29, 0.717) is 31.7 Å². The van der Waals surface area contributed by atoms with Crippen LogP contribution in [0.15, 0.2) is 35.4 Å². The number of sulfone groups is 1. The van der Waals surface area contributed by atoms with Crippen molar-refractivity contribution in [3.05, 3.63) is 36.3 Å². The molecule has 1 unspecified atom stereocenters. The minimum atomic E-state index is -3.52. The standard InChI is InChI=1S/C24H32FN3O6S/c1-5-16(3)33-24(29)28-13-10-17(11-14-28)34-21-9-12-26-23(22(21)32-4)27-20-8-7-18(15-19(20)25)35(30,31)6-2/h7-9,12,15-17H,5-6,10-11,13-14H2,1-4H3,(H,26,27). The summed E-state index contributed by atoms with van der Waals surface area (Å²) in [6, 6.07) is 5.33. The quantitative estimate of drug-likeness (QED) is 0.525. The lowest BCUT2D eigenvalue weighted by Gasteiger charge is -2.32. The fourth-order valence-electron chi connectivity index (χ4n) is 3.56. The van der Waals surface area contributed by atoms with Gasteiger partial charge in [-0.3, -0.25) is 0 Å². The number of carbonyl (C=O) groups excluding carboxylic acids is 1. The molecule has 0 radical (unpaired) electrons. The lowest BCUT2D eigenvalue weighted by Crippen LogP contribution is -2.42. The second-order valence-electron chi connectivity index (χ2n) is 8.27. The molecule has 1 aromatic heterocycles. The molecule has 1 saturated heterocycles. The van der Waals surface area contributed by atoms with Gasteiger partial charge in [0.05, 0.1) is 23.4 Å². The van der Waals surface area contributed by atoms with Gasteiger partial charge in [0, 0.05) is 38.2 Å². The molecule has 0 spiro atoms. The van der Waals surface area contributed by atoms with Gasteiger partial charge in [-0.2, -0.15) is 0 Å². The van der Waals surface area contributed by atoms with Crippen LogP contribution >= 0.6 is 0 Å². The van der Waals surface area contributed by atoms with Crippen molar-refractivity contribution >= 4 is 27.4 Å². The third-order valence-electron chi connectivity index (χ3n) is 5.88. The predicted octanol–water partition coefficient (Wildman–Crippen LogP) is 4.54. The van der Waals surface area contributed by atoms with E-state index in [4.69, 9.17) is 14.2 Å². The second-order valence-corrected chi connectivity index (χ2v) is 10.5. The van der Waals surface area contributed by atoms with Crippen LogP contribution < -0.4 is 14.8 Å². The molecule has 11 heteroatoms. The monoisotopic (exact) mass is 509 g/mol. The predicted molar refractivity (Wildman–Crippen MR) is 130 cm³/mol. The van der Waals surface area contributed by atoms with E-state index in [1.807, 2.05) is 13.8 Å². The average Bonchev–Trinajstić information content (AvgIpc) is 2.85. The maximum atomic E-state index is 14.6. The number of pyridine rings is 1. The van der Waals surface area contributed by atoms with Crippen LogP contribution in [-0.2, 0) is 14.6 Å². The first-order valence-electron chi connectivity index (χ1n) is 11.6. The van der Waals surface area contributed by atoms with Gasteiger partial charge in [0.15, 0.2) is 21.4 Å². The molecule has 192 valence electrons. The lowest BCUT2D eigenvalue weighted by atomic mass is 10.1. The van der Waals surface area contributed by atoms with Crippen LogP contribution in [0.3, 0.4) is 0 Å². The van der Waals surface area contributed by atoms with Crippen molar-refractivity contribution in [3.63, 3.8) is 0 Å². The largest absolute Gasteiger partial charge is 0.490 e. The molecule has 1 amide bonds. The Morgan fingerprint density at radius 2 is 1.97 bits per heavy atom. The Morgan fingerprint density at radius 1 is 1.26 bits per heavy atom. The van der Waals surface area contributed by atoms with Gasteiger partial charge in [0.1, 0.15) is 18.0 Å². The number of rotatable bonds is 9.